The van der Waals surface area contributed by atoms with Gasteiger partial charge in [-0.1, -0.05) is 30.8 Å². The number of thioether (sulfide) groups is 1. The van der Waals surface area contributed by atoms with E-state index in [4.69, 9.17) is 0 Å². The molecule has 0 spiro atoms. The van der Waals surface area contributed by atoms with E-state index in [1.807, 2.05) is 56.6 Å². The van der Waals surface area contributed by atoms with E-state index in [-0.39, 0.29) is 23.3 Å². The van der Waals surface area contributed by atoms with Crippen LogP contribution in [0.5, 0.6) is 0 Å². The molecule has 0 fully saturated rings. The van der Waals surface area contributed by atoms with Gasteiger partial charge in [0.2, 0.25) is 5.91 Å². The summed E-state index contributed by atoms with van der Waals surface area (Å²) < 4.78 is 3.67. The van der Waals surface area contributed by atoms with Crippen molar-refractivity contribution in [3.8, 4) is 0 Å². The molecule has 0 saturated carbocycles. The van der Waals surface area contributed by atoms with Crippen molar-refractivity contribution in [1.82, 2.24) is 24.6 Å². The molecular formula is C22H29N5O2S. The Morgan fingerprint density at radius 3 is 2.73 bits per heavy atom. The first-order valence-corrected chi connectivity index (χ1v) is 11.3. The first-order chi connectivity index (χ1) is 14.4. The first kappa shape index (κ1) is 22.1. The van der Waals surface area contributed by atoms with Crippen LogP contribution in [0.2, 0.25) is 0 Å². The molecule has 0 unspecified atom stereocenters. The van der Waals surface area contributed by atoms with Gasteiger partial charge < -0.3 is 5.32 Å². The number of benzene rings is 1. The molecule has 0 bridgehead atoms. The highest BCUT2D eigenvalue weighted by Crippen LogP contribution is 2.22. The van der Waals surface area contributed by atoms with Crippen molar-refractivity contribution < 1.29 is 4.79 Å². The fourth-order valence-electron chi connectivity index (χ4n) is 3.34. The van der Waals surface area contributed by atoms with Crippen molar-refractivity contribution >= 4 is 28.6 Å². The van der Waals surface area contributed by atoms with Gasteiger partial charge in [-0.3, -0.25) is 18.8 Å². The number of amides is 1. The van der Waals surface area contributed by atoms with E-state index in [0.717, 1.165) is 30.8 Å². The SMILES string of the molecule is CC[C@@H](C)n1c(SCC(=O)NCCCn2nc(C)cc2C)nc2ccccc2c1=O. The Bertz CT molecular complexity index is 1090. The average Bonchev–Trinajstić information content (AvgIpc) is 3.06. The van der Waals surface area contributed by atoms with Crippen molar-refractivity contribution in [2.75, 3.05) is 12.3 Å². The molecule has 7 nitrogen and oxygen atoms in total. The second-order valence-corrected chi connectivity index (χ2v) is 8.43. The number of hydrogen-bond acceptors (Lipinski definition) is 5. The predicted molar refractivity (Wildman–Crippen MR) is 121 cm³/mol. The molecule has 0 aliphatic heterocycles. The van der Waals surface area contributed by atoms with Gasteiger partial charge in [0.1, 0.15) is 0 Å². The van der Waals surface area contributed by atoms with Crippen LogP contribution in [0.25, 0.3) is 10.9 Å². The zero-order chi connectivity index (χ0) is 21.7. The monoisotopic (exact) mass is 427 g/mol. The Morgan fingerprint density at radius 1 is 1.27 bits per heavy atom. The molecule has 1 aromatic carbocycles. The van der Waals surface area contributed by atoms with Gasteiger partial charge in [-0.2, -0.15) is 5.10 Å². The number of rotatable bonds is 9. The Kier molecular flexibility index (Phi) is 7.31. The highest BCUT2D eigenvalue weighted by atomic mass is 32.2. The quantitative estimate of drug-likeness (QED) is 0.321. The molecule has 0 radical (unpaired) electrons. The van der Waals surface area contributed by atoms with Crippen LogP contribution in [0.1, 0.15) is 44.1 Å². The maximum absolute atomic E-state index is 13.0. The second kappa shape index (κ2) is 9.93. The lowest BCUT2D eigenvalue weighted by Gasteiger charge is -2.18. The zero-order valence-corrected chi connectivity index (χ0v) is 18.8. The molecule has 2 aromatic heterocycles. The Balaban J connectivity index is 1.61. The second-order valence-electron chi connectivity index (χ2n) is 7.49. The predicted octanol–water partition coefficient (Wildman–Crippen LogP) is 3.48. The number of nitrogens with one attached hydrogen (secondary N) is 1. The van der Waals surface area contributed by atoms with E-state index in [1.54, 1.807) is 10.6 Å². The van der Waals surface area contributed by atoms with Gasteiger partial charge in [-0.25, -0.2) is 4.98 Å². The van der Waals surface area contributed by atoms with Crippen LogP contribution in [0.15, 0.2) is 40.3 Å². The molecule has 8 heteroatoms. The summed E-state index contributed by atoms with van der Waals surface area (Å²) in [6, 6.07) is 9.41. The number of para-hydroxylation sites is 1. The van der Waals surface area contributed by atoms with Crippen LogP contribution in [-0.4, -0.2) is 37.5 Å². The lowest BCUT2D eigenvalue weighted by molar-refractivity contribution is -0.118. The van der Waals surface area contributed by atoms with Gasteiger partial charge >= 0.3 is 0 Å². The van der Waals surface area contributed by atoms with E-state index in [0.29, 0.717) is 22.6 Å². The maximum atomic E-state index is 13.0. The minimum absolute atomic E-state index is 0.0148. The lowest BCUT2D eigenvalue weighted by atomic mass is 10.2. The summed E-state index contributed by atoms with van der Waals surface area (Å²) in [7, 11) is 0. The minimum Gasteiger partial charge on any atom is -0.355 e. The Labute approximate surface area is 180 Å². The molecule has 0 saturated heterocycles. The third-order valence-electron chi connectivity index (χ3n) is 5.11. The third kappa shape index (κ3) is 5.11. The molecule has 3 aromatic rings. The standard InChI is InChI=1S/C22H29N5O2S/c1-5-16(3)27-21(29)18-9-6-7-10-19(18)24-22(27)30-14-20(28)23-11-8-12-26-17(4)13-15(2)25-26/h6-7,9-10,13,16H,5,8,11-12,14H2,1-4H3,(H,23,28)/t16-/m1/s1. The van der Waals surface area contributed by atoms with Gasteiger partial charge in [-0.15, -0.1) is 0 Å². The molecule has 3 rings (SSSR count). The Hall–Kier alpha value is -2.61. The molecule has 1 amide bonds. The van der Waals surface area contributed by atoms with E-state index < -0.39 is 0 Å². The highest BCUT2D eigenvalue weighted by Gasteiger charge is 2.16. The van der Waals surface area contributed by atoms with E-state index >= 15 is 0 Å². The largest absolute Gasteiger partial charge is 0.355 e. The number of nitrogens with zero attached hydrogens (tertiary/aromatic N) is 4. The summed E-state index contributed by atoms with van der Waals surface area (Å²) in [4.78, 5) is 30.0. The number of hydrogen-bond donors (Lipinski definition) is 1. The average molecular weight is 428 g/mol. The smallest absolute Gasteiger partial charge is 0.262 e. The first-order valence-electron chi connectivity index (χ1n) is 10.3. The van der Waals surface area contributed by atoms with Crippen LogP contribution >= 0.6 is 11.8 Å². The summed E-state index contributed by atoms with van der Waals surface area (Å²) in [5, 5.41) is 8.57. The van der Waals surface area contributed by atoms with Crippen molar-refractivity contribution in [2.24, 2.45) is 0 Å². The topological polar surface area (TPSA) is 81.8 Å². The van der Waals surface area contributed by atoms with Gasteiger partial charge in [0.05, 0.1) is 22.3 Å². The number of carbonyl (C=O) groups excluding carboxylic acids is 1. The van der Waals surface area contributed by atoms with Crippen LogP contribution in [0, 0.1) is 13.8 Å². The molecule has 0 aliphatic carbocycles. The maximum Gasteiger partial charge on any atom is 0.262 e. The minimum atomic E-state index is -0.0634. The third-order valence-corrected chi connectivity index (χ3v) is 6.06. The van der Waals surface area contributed by atoms with Crippen molar-refractivity contribution in [1.29, 1.82) is 0 Å². The number of carbonyl (C=O) groups is 1. The summed E-state index contributed by atoms with van der Waals surface area (Å²) in [5.74, 6) is 0.160. The summed E-state index contributed by atoms with van der Waals surface area (Å²) in [6.45, 7) is 9.40. The van der Waals surface area contributed by atoms with E-state index in [1.165, 1.54) is 11.8 Å². The molecule has 0 aliphatic rings. The molecule has 160 valence electrons. The van der Waals surface area contributed by atoms with Gasteiger partial charge in [0.15, 0.2) is 5.16 Å². The van der Waals surface area contributed by atoms with Gasteiger partial charge in [0.25, 0.3) is 5.56 Å². The molecule has 1 N–H and O–H groups in total. The summed E-state index contributed by atoms with van der Waals surface area (Å²) >= 11 is 1.31. The van der Waals surface area contributed by atoms with Crippen LogP contribution in [0.4, 0.5) is 0 Å². The summed E-state index contributed by atoms with van der Waals surface area (Å²) in [6.07, 6.45) is 1.62. The normalized spacial score (nSPS) is 12.3. The van der Waals surface area contributed by atoms with Crippen LogP contribution < -0.4 is 10.9 Å². The molecule has 30 heavy (non-hydrogen) atoms. The number of aryl methyl sites for hydroxylation is 3. The van der Waals surface area contributed by atoms with Crippen molar-refractivity contribution in [3.63, 3.8) is 0 Å². The lowest BCUT2D eigenvalue weighted by Crippen LogP contribution is -2.29. The summed E-state index contributed by atoms with van der Waals surface area (Å²) in [5.41, 5.74) is 2.74. The molecular weight excluding hydrogens is 398 g/mol. The van der Waals surface area contributed by atoms with Gasteiger partial charge in [0, 0.05) is 24.8 Å². The number of aromatic nitrogens is 4. The fraction of sp³-hybridized carbons (Fsp3) is 0.455. The fourth-order valence-corrected chi connectivity index (χ4v) is 4.26. The molecule has 2 heterocycles. The zero-order valence-electron chi connectivity index (χ0n) is 18.0. The number of fused-ring (bicyclic) bond motifs is 1. The van der Waals surface area contributed by atoms with E-state index in [2.05, 4.69) is 15.4 Å². The molecule has 1 atom stereocenters. The van der Waals surface area contributed by atoms with Crippen LogP contribution in [-0.2, 0) is 11.3 Å². The van der Waals surface area contributed by atoms with Crippen molar-refractivity contribution in [2.45, 2.75) is 58.3 Å². The van der Waals surface area contributed by atoms with Crippen LogP contribution in [0.3, 0.4) is 0 Å². The highest BCUT2D eigenvalue weighted by molar-refractivity contribution is 7.99. The van der Waals surface area contributed by atoms with Gasteiger partial charge in [-0.05, 0) is 51.8 Å². The Morgan fingerprint density at radius 2 is 2.03 bits per heavy atom. The van der Waals surface area contributed by atoms with E-state index in [9.17, 15) is 9.59 Å². The van der Waals surface area contributed by atoms with Crippen molar-refractivity contribution in [3.05, 3.63) is 52.1 Å².